The number of halogens is 1. The average molecular weight is 579 g/mol. The van der Waals surface area contributed by atoms with Crippen LogP contribution in [-0.2, 0) is 14.3 Å². The molecular weight excluding hydrogens is 545 g/mol. The molecule has 3 aliphatic rings. The summed E-state index contributed by atoms with van der Waals surface area (Å²) in [6.45, 7) is 4.84. The SMILES string of the molecule is CCCC1=C2[C@@H](CC/C(=C/c3cc(I)c(O)c(OC)c3)CC)OC[C@@H]2[C@@H]2C(=O)N(C)C(=O)[C@@H]2C1. The number of hydrogen-bond donors (Lipinski definition) is 1. The number of ether oxygens (including phenoxy) is 2. The Labute approximate surface area is 215 Å². The van der Waals surface area contributed by atoms with Crippen molar-refractivity contribution in [3.05, 3.63) is 38.0 Å². The molecule has 4 rings (SSSR count). The number of amides is 2. The van der Waals surface area contributed by atoms with E-state index in [0.717, 1.165) is 41.2 Å². The Morgan fingerprint density at radius 1 is 1.26 bits per heavy atom. The Kier molecular flexibility index (Phi) is 7.72. The van der Waals surface area contributed by atoms with E-state index in [-0.39, 0.29) is 41.4 Å². The van der Waals surface area contributed by atoms with Crippen molar-refractivity contribution in [2.45, 2.75) is 58.5 Å². The summed E-state index contributed by atoms with van der Waals surface area (Å²) in [5.74, 6) is 0.133. The van der Waals surface area contributed by atoms with Gasteiger partial charge in [-0.3, -0.25) is 14.5 Å². The topological polar surface area (TPSA) is 76.1 Å². The monoisotopic (exact) mass is 579 g/mol. The molecule has 0 spiro atoms. The number of likely N-dealkylation sites (tertiary alicyclic amines) is 1. The minimum absolute atomic E-state index is 0.00532. The highest BCUT2D eigenvalue weighted by molar-refractivity contribution is 14.1. The predicted molar refractivity (Wildman–Crippen MR) is 139 cm³/mol. The zero-order valence-corrected chi connectivity index (χ0v) is 22.6. The molecule has 34 heavy (non-hydrogen) atoms. The van der Waals surface area contributed by atoms with Gasteiger partial charge < -0.3 is 14.6 Å². The lowest BCUT2D eigenvalue weighted by Gasteiger charge is -2.32. The van der Waals surface area contributed by atoms with Crippen LogP contribution in [-0.4, -0.2) is 48.7 Å². The summed E-state index contributed by atoms with van der Waals surface area (Å²) in [7, 11) is 3.18. The molecule has 2 amide bonds. The van der Waals surface area contributed by atoms with Crippen LogP contribution in [0.25, 0.3) is 6.08 Å². The maximum Gasteiger partial charge on any atom is 0.233 e. The number of carbonyl (C=O) groups is 2. The number of hydrogen-bond acceptors (Lipinski definition) is 5. The van der Waals surface area contributed by atoms with Crippen LogP contribution in [0.4, 0.5) is 0 Å². The number of imide groups is 1. The fourth-order valence-corrected chi connectivity index (χ4v) is 6.53. The molecule has 0 radical (unpaired) electrons. The summed E-state index contributed by atoms with van der Waals surface area (Å²) in [6, 6.07) is 3.82. The van der Waals surface area contributed by atoms with Gasteiger partial charge in [-0.1, -0.05) is 37.5 Å². The highest BCUT2D eigenvalue weighted by atomic mass is 127. The number of benzene rings is 1. The largest absolute Gasteiger partial charge is 0.504 e. The lowest BCUT2D eigenvalue weighted by atomic mass is 9.68. The Morgan fingerprint density at radius 3 is 2.71 bits per heavy atom. The summed E-state index contributed by atoms with van der Waals surface area (Å²) in [6.07, 6.45) is 7.52. The van der Waals surface area contributed by atoms with Gasteiger partial charge in [-0.15, -0.1) is 0 Å². The van der Waals surface area contributed by atoms with Crippen molar-refractivity contribution in [2.24, 2.45) is 17.8 Å². The molecule has 0 unspecified atom stereocenters. The van der Waals surface area contributed by atoms with E-state index in [1.165, 1.54) is 21.6 Å². The van der Waals surface area contributed by atoms with Gasteiger partial charge in [0.25, 0.3) is 0 Å². The van der Waals surface area contributed by atoms with Gasteiger partial charge in [0.15, 0.2) is 11.5 Å². The Morgan fingerprint density at radius 2 is 2.03 bits per heavy atom. The molecule has 1 N–H and O–H groups in total. The molecule has 0 bridgehead atoms. The number of fused-ring (bicyclic) bond motifs is 3. The summed E-state index contributed by atoms with van der Waals surface area (Å²) >= 11 is 2.12. The molecule has 2 heterocycles. The Balaban J connectivity index is 1.55. The number of allylic oxidation sites excluding steroid dienone is 2. The number of carbonyl (C=O) groups excluding carboxylic acids is 2. The minimum atomic E-state index is -0.258. The molecule has 2 saturated heterocycles. The maximum atomic E-state index is 12.9. The molecule has 1 aromatic carbocycles. The van der Waals surface area contributed by atoms with Crippen molar-refractivity contribution in [3.63, 3.8) is 0 Å². The predicted octanol–water partition coefficient (Wildman–Crippen LogP) is 5.33. The van der Waals surface area contributed by atoms with Gasteiger partial charge in [0.2, 0.25) is 11.8 Å². The second kappa shape index (κ2) is 10.4. The molecule has 0 saturated carbocycles. The van der Waals surface area contributed by atoms with E-state index in [9.17, 15) is 14.7 Å². The van der Waals surface area contributed by atoms with Crippen LogP contribution < -0.4 is 4.74 Å². The number of nitrogens with zero attached hydrogens (tertiary/aromatic N) is 1. The van der Waals surface area contributed by atoms with E-state index >= 15 is 0 Å². The van der Waals surface area contributed by atoms with Crippen LogP contribution in [0.2, 0.25) is 0 Å². The third-order valence-corrected chi connectivity index (χ3v) is 8.43. The lowest BCUT2D eigenvalue weighted by molar-refractivity contribution is -0.138. The van der Waals surface area contributed by atoms with Crippen LogP contribution >= 0.6 is 22.6 Å². The smallest absolute Gasteiger partial charge is 0.233 e. The number of methoxy groups -OCH3 is 1. The average Bonchev–Trinajstić information content (AvgIpc) is 3.34. The zero-order chi connectivity index (χ0) is 24.6. The Bertz CT molecular complexity index is 1050. The lowest BCUT2D eigenvalue weighted by Crippen LogP contribution is -2.34. The molecule has 2 aliphatic heterocycles. The second-order valence-corrected chi connectivity index (χ2v) is 10.7. The highest BCUT2D eigenvalue weighted by Gasteiger charge is 2.55. The van der Waals surface area contributed by atoms with Crippen molar-refractivity contribution >= 4 is 40.5 Å². The molecule has 0 aromatic heterocycles. The van der Waals surface area contributed by atoms with E-state index in [2.05, 4.69) is 42.5 Å². The third-order valence-electron chi connectivity index (χ3n) is 7.60. The summed E-state index contributed by atoms with van der Waals surface area (Å²) < 4.78 is 12.4. The first-order valence-corrected chi connectivity index (χ1v) is 13.3. The highest BCUT2D eigenvalue weighted by Crippen LogP contribution is 2.50. The van der Waals surface area contributed by atoms with Gasteiger partial charge in [0, 0.05) is 13.0 Å². The van der Waals surface area contributed by atoms with E-state index in [1.807, 2.05) is 12.1 Å². The normalized spacial score (nSPS) is 26.9. The van der Waals surface area contributed by atoms with Crippen molar-refractivity contribution in [1.82, 2.24) is 4.90 Å². The molecule has 184 valence electrons. The molecule has 7 heteroatoms. The molecule has 6 nitrogen and oxygen atoms in total. The number of phenolic OH excluding ortho intramolecular Hbond substituents is 1. The van der Waals surface area contributed by atoms with E-state index in [0.29, 0.717) is 18.8 Å². The van der Waals surface area contributed by atoms with Crippen molar-refractivity contribution in [1.29, 1.82) is 0 Å². The number of phenols is 1. The van der Waals surface area contributed by atoms with Gasteiger partial charge in [0.1, 0.15) is 0 Å². The maximum absolute atomic E-state index is 12.9. The molecule has 4 atom stereocenters. The molecular formula is C27H34INO5. The van der Waals surface area contributed by atoms with Gasteiger partial charge in [0.05, 0.1) is 35.2 Å². The van der Waals surface area contributed by atoms with Crippen LogP contribution in [0, 0.1) is 21.3 Å². The fourth-order valence-electron chi connectivity index (χ4n) is 5.90. The first kappa shape index (κ1) is 25.2. The first-order chi connectivity index (χ1) is 16.3. The van der Waals surface area contributed by atoms with Gasteiger partial charge >= 0.3 is 0 Å². The molecule has 1 aliphatic carbocycles. The quantitative estimate of drug-likeness (QED) is 0.256. The first-order valence-electron chi connectivity index (χ1n) is 12.2. The second-order valence-electron chi connectivity index (χ2n) is 9.56. The van der Waals surface area contributed by atoms with Crippen molar-refractivity contribution in [2.75, 3.05) is 20.8 Å². The molecule has 1 aromatic rings. The van der Waals surface area contributed by atoms with Crippen molar-refractivity contribution < 1.29 is 24.2 Å². The minimum Gasteiger partial charge on any atom is -0.504 e. The summed E-state index contributed by atoms with van der Waals surface area (Å²) in [5, 5.41) is 10.1. The summed E-state index contributed by atoms with van der Waals surface area (Å²) in [5.41, 5.74) is 4.95. The van der Waals surface area contributed by atoms with E-state index in [1.54, 1.807) is 14.2 Å². The van der Waals surface area contributed by atoms with Crippen molar-refractivity contribution in [3.8, 4) is 11.5 Å². The zero-order valence-electron chi connectivity index (χ0n) is 20.4. The third kappa shape index (κ3) is 4.53. The van der Waals surface area contributed by atoms with Crippen LogP contribution in [0.1, 0.15) is 57.9 Å². The number of rotatable bonds is 8. The standard InChI is InChI=1S/C27H34INO5/c1-5-7-17-13-18-24(27(32)29(3)26(18)31)19-14-34-21(23(17)19)9-8-15(6-2)10-16-11-20(28)25(30)22(12-16)33-4/h10-12,18-19,21,24,30H,5-9,13-14H2,1-4H3/b15-10+/t18-,19+,21-,24-/m1/s1. The van der Waals surface area contributed by atoms with E-state index in [4.69, 9.17) is 9.47 Å². The van der Waals surface area contributed by atoms with E-state index < -0.39 is 0 Å². The Hall–Kier alpha value is -1.87. The molecule has 2 fully saturated rings. The fraction of sp³-hybridized carbons (Fsp3) is 0.556. The van der Waals surface area contributed by atoms with Crippen LogP contribution in [0.5, 0.6) is 11.5 Å². The van der Waals surface area contributed by atoms with Gasteiger partial charge in [-0.25, -0.2) is 0 Å². The van der Waals surface area contributed by atoms with Gasteiger partial charge in [-0.2, -0.15) is 0 Å². The van der Waals surface area contributed by atoms with Crippen LogP contribution in [0.15, 0.2) is 28.9 Å². The van der Waals surface area contributed by atoms with Crippen LogP contribution in [0.3, 0.4) is 0 Å². The van der Waals surface area contributed by atoms with Gasteiger partial charge in [-0.05, 0) is 78.0 Å². The number of aromatic hydroxyl groups is 1. The summed E-state index contributed by atoms with van der Waals surface area (Å²) in [4.78, 5) is 26.9.